The van der Waals surface area contributed by atoms with Gasteiger partial charge in [0, 0.05) is 35.9 Å². The van der Waals surface area contributed by atoms with Crippen LogP contribution in [-0.2, 0) is 12.0 Å². The van der Waals surface area contributed by atoms with E-state index in [1.165, 1.54) is 21.9 Å². The highest BCUT2D eigenvalue weighted by Crippen LogP contribution is 2.51. The molecule has 5 rings (SSSR count). The first kappa shape index (κ1) is 19.5. The molecule has 1 heterocycles. The SMILES string of the molecule is C/C=C1\[C@H]2C=C(C)C[C@]1(N=CC=Cc1ccc3ccccc3c1)c1ccc(=O)[nH]c1C2. The molecule has 0 fully saturated rings. The molecule has 0 spiro atoms. The fourth-order valence-corrected chi connectivity index (χ4v) is 5.29. The van der Waals surface area contributed by atoms with E-state index in [4.69, 9.17) is 4.99 Å². The fourth-order valence-electron chi connectivity index (χ4n) is 5.29. The van der Waals surface area contributed by atoms with Crippen LogP contribution in [-0.4, -0.2) is 11.2 Å². The number of hydrogen-bond acceptors (Lipinski definition) is 2. The largest absolute Gasteiger partial charge is 0.326 e. The van der Waals surface area contributed by atoms with Gasteiger partial charge in [0.05, 0.1) is 0 Å². The minimum absolute atomic E-state index is 0.0446. The summed E-state index contributed by atoms with van der Waals surface area (Å²) in [6.45, 7) is 4.29. The number of pyridine rings is 1. The topological polar surface area (TPSA) is 45.2 Å². The first-order chi connectivity index (χ1) is 15.1. The van der Waals surface area contributed by atoms with E-state index in [-0.39, 0.29) is 11.5 Å². The maximum atomic E-state index is 12.0. The smallest absolute Gasteiger partial charge is 0.248 e. The number of allylic oxidation sites excluding steroid dienone is 3. The third-order valence-corrected chi connectivity index (χ3v) is 6.52. The number of H-pyrrole nitrogens is 1. The lowest BCUT2D eigenvalue weighted by atomic mass is 9.63. The van der Waals surface area contributed by atoms with Crippen molar-refractivity contribution in [3.63, 3.8) is 0 Å². The zero-order valence-corrected chi connectivity index (χ0v) is 17.9. The first-order valence-corrected chi connectivity index (χ1v) is 10.9. The molecule has 2 aliphatic rings. The highest BCUT2D eigenvalue weighted by Gasteiger charge is 2.46. The second kappa shape index (κ2) is 7.66. The third-order valence-electron chi connectivity index (χ3n) is 6.52. The van der Waals surface area contributed by atoms with Crippen LogP contribution >= 0.6 is 0 Å². The molecule has 3 heteroatoms. The molecule has 1 N–H and O–H groups in total. The monoisotopic (exact) mass is 406 g/mol. The Morgan fingerprint density at radius 3 is 2.77 bits per heavy atom. The van der Waals surface area contributed by atoms with Gasteiger partial charge in [-0.1, -0.05) is 60.2 Å². The molecule has 0 radical (unpaired) electrons. The standard InChI is InChI=1S/C28H26N2O/c1-3-24-23-15-19(2)18-28(24,25-12-13-27(31)30-26(25)17-23)29-14-6-7-20-10-11-21-8-4-5-9-22(21)16-20/h3-16,23H,17-18H2,1-2H3,(H,30,31)/b7-6?,24-3+,29-14?/t23-,28+/m0/s1. The number of aliphatic imine (C=N–C) groups is 1. The van der Waals surface area contributed by atoms with Crippen LogP contribution < -0.4 is 5.56 Å². The van der Waals surface area contributed by atoms with Crippen LogP contribution in [0.15, 0.2) is 93.8 Å². The van der Waals surface area contributed by atoms with Gasteiger partial charge in [-0.05, 0) is 60.4 Å². The van der Waals surface area contributed by atoms with E-state index in [2.05, 4.69) is 79.5 Å². The predicted octanol–water partition coefficient (Wildman–Crippen LogP) is 5.98. The van der Waals surface area contributed by atoms with Gasteiger partial charge in [-0.15, -0.1) is 0 Å². The molecule has 2 aliphatic carbocycles. The average molecular weight is 407 g/mol. The van der Waals surface area contributed by atoms with Crippen LogP contribution in [0.4, 0.5) is 0 Å². The van der Waals surface area contributed by atoms with Crippen molar-refractivity contribution in [3.05, 3.63) is 111 Å². The van der Waals surface area contributed by atoms with Crippen molar-refractivity contribution in [2.45, 2.75) is 32.2 Å². The highest BCUT2D eigenvalue weighted by atomic mass is 16.1. The van der Waals surface area contributed by atoms with E-state index >= 15 is 0 Å². The predicted molar refractivity (Wildman–Crippen MR) is 130 cm³/mol. The van der Waals surface area contributed by atoms with E-state index in [9.17, 15) is 4.79 Å². The van der Waals surface area contributed by atoms with Gasteiger partial charge in [0.25, 0.3) is 0 Å². The normalized spacial score (nSPS) is 24.1. The summed E-state index contributed by atoms with van der Waals surface area (Å²) in [6.07, 6.45) is 12.3. The summed E-state index contributed by atoms with van der Waals surface area (Å²) in [4.78, 5) is 20.2. The molecule has 0 unspecified atom stereocenters. The molecule has 0 aliphatic heterocycles. The minimum Gasteiger partial charge on any atom is -0.326 e. The Morgan fingerprint density at radius 1 is 1.10 bits per heavy atom. The number of nitrogens with zero attached hydrogens (tertiary/aromatic N) is 1. The van der Waals surface area contributed by atoms with Gasteiger partial charge in [-0.25, -0.2) is 0 Å². The molecule has 2 bridgehead atoms. The van der Waals surface area contributed by atoms with Crippen molar-refractivity contribution in [2.75, 3.05) is 0 Å². The molecule has 0 amide bonds. The lowest BCUT2D eigenvalue weighted by molar-refractivity contribution is 0.413. The van der Waals surface area contributed by atoms with E-state index in [1.807, 2.05) is 18.4 Å². The van der Waals surface area contributed by atoms with Gasteiger partial charge in [-0.3, -0.25) is 9.79 Å². The second-order valence-corrected chi connectivity index (χ2v) is 8.56. The number of aromatic amines is 1. The summed E-state index contributed by atoms with van der Waals surface area (Å²) in [5, 5.41) is 2.48. The zero-order chi connectivity index (χ0) is 21.4. The molecule has 1 aromatic heterocycles. The maximum absolute atomic E-state index is 12.0. The summed E-state index contributed by atoms with van der Waals surface area (Å²) < 4.78 is 0. The Kier molecular flexibility index (Phi) is 4.82. The van der Waals surface area contributed by atoms with Gasteiger partial charge in [0.2, 0.25) is 5.56 Å². The van der Waals surface area contributed by atoms with Crippen molar-refractivity contribution < 1.29 is 0 Å². The molecular weight excluding hydrogens is 380 g/mol. The van der Waals surface area contributed by atoms with Crippen LogP contribution in [0.1, 0.15) is 37.1 Å². The second-order valence-electron chi connectivity index (χ2n) is 8.56. The molecular formula is C28H26N2O. The summed E-state index contributed by atoms with van der Waals surface area (Å²) >= 11 is 0. The Morgan fingerprint density at radius 2 is 1.94 bits per heavy atom. The quantitative estimate of drug-likeness (QED) is 0.422. The van der Waals surface area contributed by atoms with Crippen LogP contribution in [0.5, 0.6) is 0 Å². The van der Waals surface area contributed by atoms with Crippen molar-refractivity contribution in [2.24, 2.45) is 10.9 Å². The third kappa shape index (κ3) is 3.40. The van der Waals surface area contributed by atoms with Crippen LogP contribution in [0.3, 0.4) is 0 Å². The number of rotatable bonds is 3. The van der Waals surface area contributed by atoms with Gasteiger partial charge >= 0.3 is 0 Å². The van der Waals surface area contributed by atoms with E-state index in [0.717, 1.165) is 29.7 Å². The van der Waals surface area contributed by atoms with Gasteiger partial charge in [0.15, 0.2) is 0 Å². The molecule has 31 heavy (non-hydrogen) atoms. The summed E-state index contributed by atoms with van der Waals surface area (Å²) in [5.41, 5.74) is 5.48. The van der Waals surface area contributed by atoms with Crippen molar-refractivity contribution in [3.8, 4) is 0 Å². The molecule has 3 aromatic rings. The number of hydrogen-bond donors (Lipinski definition) is 1. The van der Waals surface area contributed by atoms with E-state index in [1.54, 1.807) is 6.07 Å². The Hall–Kier alpha value is -3.46. The van der Waals surface area contributed by atoms with Crippen LogP contribution in [0.25, 0.3) is 16.8 Å². The number of nitrogens with one attached hydrogen (secondary N) is 1. The molecule has 154 valence electrons. The molecule has 2 atom stereocenters. The number of aromatic nitrogens is 1. The minimum atomic E-state index is -0.441. The van der Waals surface area contributed by atoms with Crippen molar-refractivity contribution in [1.82, 2.24) is 4.98 Å². The average Bonchev–Trinajstić information content (AvgIpc) is 2.76. The van der Waals surface area contributed by atoms with Gasteiger partial charge in [0.1, 0.15) is 5.54 Å². The summed E-state index contributed by atoms with van der Waals surface area (Å²) in [5.74, 6) is 0.283. The van der Waals surface area contributed by atoms with Gasteiger partial charge in [-0.2, -0.15) is 0 Å². The lowest BCUT2D eigenvalue weighted by Crippen LogP contribution is -2.40. The first-order valence-electron chi connectivity index (χ1n) is 10.9. The molecule has 3 nitrogen and oxygen atoms in total. The number of benzene rings is 2. The van der Waals surface area contributed by atoms with E-state index in [0.29, 0.717) is 0 Å². The Labute approximate surface area is 182 Å². The lowest BCUT2D eigenvalue weighted by Gasteiger charge is -2.45. The Bertz CT molecular complexity index is 1340. The maximum Gasteiger partial charge on any atom is 0.248 e. The fraction of sp³-hybridized carbons (Fsp3) is 0.214. The van der Waals surface area contributed by atoms with E-state index < -0.39 is 5.54 Å². The highest BCUT2D eigenvalue weighted by molar-refractivity contribution is 5.86. The number of fused-ring (bicyclic) bond motifs is 5. The van der Waals surface area contributed by atoms with Crippen molar-refractivity contribution in [1.29, 1.82) is 0 Å². The molecule has 2 aromatic carbocycles. The summed E-state index contributed by atoms with van der Waals surface area (Å²) in [7, 11) is 0. The van der Waals surface area contributed by atoms with Gasteiger partial charge < -0.3 is 4.98 Å². The van der Waals surface area contributed by atoms with Crippen LogP contribution in [0.2, 0.25) is 0 Å². The Balaban J connectivity index is 1.53. The summed E-state index contributed by atoms with van der Waals surface area (Å²) in [6, 6.07) is 18.5. The molecule has 0 saturated heterocycles. The molecule has 0 saturated carbocycles. The van der Waals surface area contributed by atoms with Crippen molar-refractivity contribution >= 4 is 23.1 Å². The zero-order valence-electron chi connectivity index (χ0n) is 17.9. The van der Waals surface area contributed by atoms with Crippen LogP contribution in [0, 0.1) is 5.92 Å².